The van der Waals surface area contributed by atoms with Crippen LogP contribution in [0.1, 0.15) is 55.3 Å². The maximum atomic E-state index is 14.0. The monoisotopic (exact) mass is 536 g/mol. The number of rotatable bonds is 10. The van der Waals surface area contributed by atoms with E-state index in [0.717, 1.165) is 16.7 Å². The minimum atomic E-state index is -3.27. The summed E-state index contributed by atoms with van der Waals surface area (Å²) < 4.78 is 36.2. The van der Waals surface area contributed by atoms with Crippen LogP contribution >= 0.6 is 0 Å². The Balaban J connectivity index is 1.40. The standard InChI is InChI=1S/C28H32N4O5S/c1-3-37-27-17-29-16-23(31-27)21-5-4-20(19(2)14-21)15-25(33)28(9-12-36-13-10-28)24-8-11-30-26(32-24)18-38(34,35)22-6-7-22/h4-5,8,11,14,16-17,22H,3,6-7,9-10,12-13,15,18H2,1-2H3. The van der Waals surface area contributed by atoms with Gasteiger partial charge in [0.25, 0.3) is 0 Å². The Morgan fingerprint density at radius 1 is 1.13 bits per heavy atom. The highest BCUT2D eigenvalue weighted by atomic mass is 32.2. The first-order valence-corrected chi connectivity index (χ1v) is 14.7. The molecule has 1 aliphatic carbocycles. The van der Waals surface area contributed by atoms with Crippen molar-refractivity contribution in [3.05, 3.63) is 65.5 Å². The largest absolute Gasteiger partial charge is 0.477 e. The molecule has 1 aromatic carbocycles. The highest BCUT2D eigenvalue weighted by molar-refractivity contribution is 7.91. The SMILES string of the molecule is CCOc1cncc(-c2ccc(CC(=O)C3(c4ccnc(CS(=O)(=O)C5CC5)n4)CCOCC3)c(C)c2)n1. The van der Waals surface area contributed by atoms with Gasteiger partial charge in [-0.25, -0.2) is 23.4 Å². The van der Waals surface area contributed by atoms with Crippen molar-refractivity contribution >= 4 is 15.6 Å². The number of hydrogen-bond donors (Lipinski definition) is 0. The van der Waals surface area contributed by atoms with Crippen LogP contribution in [0.5, 0.6) is 5.88 Å². The Morgan fingerprint density at radius 3 is 2.63 bits per heavy atom. The van der Waals surface area contributed by atoms with Gasteiger partial charge in [0.05, 0.1) is 41.1 Å². The number of aromatic nitrogens is 4. The molecule has 3 heterocycles. The Hall–Kier alpha value is -3.24. The van der Waals surface area contributed by atoms with Crippen molar-refractivity contribution in [1.82, 2.24) is 19.9 Å². The van der Waals surface area contributed by atoms with Crippen molar-refractivity contribution in [3.8, 4) is 17.1 Å². The van der Waals surface area contributed by atoms with Crippen LogP contribution < -0.4 is 4.74 Å². The van der Waals surface area contributed by atoms with E-state index in [1.807, 2.05) is 32.0 Å². The quantitative estimate of drug-likeness (QED) is 0.383. The highest BCUT2D eigenvalue weighted by Crippen LogP contribution is 2.37. The molecule has 3 aromatic rings. The fourth-order valence-corrected chi connectivity index (χ4v) is 6.55. The molecule has 200 valence electrons. The third kappa shape index (κ3) is 5.61. The molecule has 0 radical (unpaired) electrons. The molecular formula is C28H32N4O5S. The summed E-state index contributed by atoms with van der Waals surface area (Å²) in [5, 5.41) is -0.285. The molecule has 38 heavy (non-hydrogen) atoms. The van der Waals surface area contributed by atoms with Crippen LogP contribution in [0.2, 0.25) is 0 Å². The zero-order valence-corrected chi connectivity index (χ0v) is 22.5. The first-order chi connectivity index (χ1) is 18.3. The summed E-state index contributed by atoms with van der Waals surface area (Å²) >= 11 is 0. The van der Waals surface area contributed by atoms with E-state index >= 15 is 0 Å². The topological polar surface area (TPSA) is 121 Å². The summed E-state index contributed by atoms with van der Waals surface area (Å²) in [6, 6.07) is 7.65. The number of ketones is 1. The third-order valence-corrected chi connectivity index (χ3v) is 9.48. The van der Waals surface area contributed by atoms with E-state index in [0.29, 0.717) is 62.8 Å². The fraction of sp³-hybridized carbons (Fsp3) is 0.464. The maximum absolute atomic E-state index is 14.0. The number of nitrogens with zero attached hydrogens (tertiary/aromatic N) is 4. The number of Topliss-reactive ketones (excluding diaryl/α,β-unsaturated/α-hetero) is 1. The number of carbonyl (C=O) groups excluding carboxylic acids is 1. The van der Waals surface area contributed by atoms with Crippen molar-refractivity contribution in [2.45, 2.75) is 62.4 Å². The minimum absolute atomic E-state index is 0.0458. The predicted octanol–water partition coefficient (Wildman–Crippen LogP) is 3.58. The molecule has 0 N–H and O–H groups in total. The van der Waals surface area contributed by atoms with Crippen LogP contribution in [0.4, 0.5) is 0 Å². The third-order valence-electron chi connectivity index (χ3n) is 7.33. The molecule has 10 heteroatoms. The average Bonchev–Trinajstić information content (AvgIpc) is 3.77. The van der Waals surface area contributed by atoms with Crippen molar-refractivity contribution < 1.29 is 22.7 Å². The first kappa shape index (κ1) is 26.4. The number of aryl methyl sites for hydroxylation is 1. The average molecular weight is 537 g/mol. The molecule has 0 spiro atoms. The molecule has 0 amide bonds. The summed E-state index contributed by atoms with van der Waals surface area (Å²) in [5.41, 5.74) is 3.23. The first-order valence-electron chi connectivity index (χ1n) is 13.0. The van der Waals surface area contributed by atoms with Crippen LogP contribution in [0, 0.1) is 6.92 Å². The summed E-state index contributed by atoms with van der Waals surface area (Å²) in [5.74, 6) is 0.575. The lowest BCUT2D eigenvalue weighted by atomic mass is 9.71. The van der Waals surface area contributed by atoms with Crippen molar-refractivity contribution in [1.29, 1.82) is 0 Å². The summed E-state index contributed by atoms with van der Waals surface area (Å²) in [7, 11) is -3.27. The van der Waals surface area contributed by atoms with E-state index in [4.69, 9.17) is 9.47 Å². The lowest BCUT2D eigenvalue weighted by molar-refractivity contribution is -0.127. The van der Waals surface area contributed by atoms with Gasteiger partial charge >= 0.3 is 0 Å². The van der Waals surface area contributed by atoms with E-state index in [2.05, 4.69) is 19.9 Å². The predicted molar refractivity (Wildman–Crippen MR) is 141 cm³/mol. The van der Waals surface area contributed by atoms with E-state index in [1.165, 1.54) is 0 Å². The van der Waals surface area contributed by atoms with Crippen LogP contribution in [-0.2, 0) is 37.0 Å². The van der Waals surface area contributed by atoms with Gasteiger partial charge in [-0.2, -0.15) is 0 Å². The van der Waals surface area contributed by atoms with Gasteiger partial charge in [-0.3, -0.25) is 9.78 Å². The van der Waals surface area contributed by atoms with Crippen molar-refractivity contribution in [2.75, 3.05) is 19.8 Å². The lowest BCUT2D eigenvalue weighted by Gasteiger charge is -2.35. The zero-order chi connectivity index (χ0) is 26.8. The fourth-order valence-electron chi connectivity index (χ4n) is 4.96. The van der Waals surface area contributed by atoms with Gasteiger partial charge < -0.3 is 9.47 Å². The molecule has 2 aliphatic rings. The Bertz CT molecular complexity index is 1430. The molecule has 0 bridgehead atoms. The van der Waals surface area contributed by atoms with Crippen LogP contribution in [-0.4, -0.2) is 59.2 Å². The summed E-state index contributed by atoms with van der Waals surface area (Å²) in [6.07, 6.45) is 7.46. The molecule has 1 saturated heterocycles. The maximum Gasteiger partial charge on any atom is 0.232 e. The number of ether oxygens (including phenoxy) is 2. The Morgan fingerprint density at radius 2 is 1.92 bits per heavy atom. The number of hydrogen-bond acceptors (Lipinski definition) is 9. The molecule has 2 fully saturated rings. The second-order valence-corrected chi connectivity index (χ2v) is 12.3. The van der Waals surface area contributed by atoms with Gasteiger partial charge in [0.15, 0.2) is 9.84 Å². The molecule has 2 aromatic heterocycles. The molecule has 5 rings (SSSR count). The van der Waals surface area contributed by atoms with Crippen LogP contribution in [0.3, 0.4) is 0 Å². The number of benzene rings is 1. The molecule has 0 atom stereocenters. The molecule has 9 nitrogen and oxygen atoms in total. The van der Waals surface area contributed by atoms with Gasteiger partial charge in [0, 0.05) is 31.4 Å². The zero-order valence-electron chi connectivity index (χ0n) is 21.7. The molecule has 1 aliphatic heterocycles. The summed E-state index contributed by atoms with van der Waals surface area (Å²) in [6.45, 7) is 5.27. The second-order valence-electron chi connectivity index (χ2n) is 9.98. The second kappa shape index (κ2) is 10.9. The van der Waals surface area contributed by atoms with Gasteiger partial charge in [-0.15, -0.1) is 0 Å². The van der Waals surface area contributed by atoms with Gasteiger partial charge in [-0.05, 0) is 62.8 Å². The minimum Gasteiger partial charge on any atom is -0.477 e. The number of carbonyl (C=O) groups is 1. The lowest BCUT2D eigenvalue weighted by Crippen LogP contribution is -2.43. The van der Waals surface area contributed by atoms with Crippen LogP contribution in [0.25, 0.3) is 11.3 Å². The van der Waals surface area contributed by atoms with E-state index in [9.17, 15) is 13.2 Å². The Labute approximate surface area is 223 Å². The Kier molecular flexibility index (Phi) is 7.54. The highest BCUT2D eigenvalue weighted by Gasteiger charge is 2.43. The van der Waals surface area contributed by atoms with Crippen LogP contribution in [0.15, 0.2) is 42.9 Å². The van der Waals surface area contributed by atoms with Gasteiger partial charge in [-0.1, -0.05) is 12.1 Å². The van der Waals surface area contributed by atoms with E-state index < -0.39 is 15.3 Å². The molecular weight excluding hydrogens is 504 g/mol. The van der Waals surface area contributed by atoms with Gasteiger partial charge in [0.2, 0.25) is 5.88 Å². The van der Waals surface area contributed by atoms with Crippen molar-refractivity contribution in [2.24, 2.45) is 0 Å². The molecule has 0 unspecified atom stereocenters. The van der Waals surface area contributed by atoms with Crippen molar-refractivity contribution in [3.63, 3.8) is 0 Å². The van der Waals surface area contributed by atoms with E-state index in [-0.39, 0.29) is 29.0 Å². The molecule has 1 saturated carbocycles. The van der Waals surface area contributed by atoms with E-state index in [1.54, 1.807) is 24.7 Å². The summed E-state index contributed by atoms with van der Waals surface area (Å²) in [4.78, 5) is 31.5. The normalized spacial score (nSPS) is 17.2. The number of sulfone groups is 1. The smallest absolute Gasteiger partial charge is 0.232 e. The van der Waals surface area contributed by atoms with Gasteiger partial charge in [0.1, 0.15) is 17.4 Å².